The maximum absolute atomic E-state index is 13.2. The van der Waals surface area contributed by atoms with Gasteiger partial charge in [-0.3, -0.25) is 9.03 Å². The number of hydrogen-bond donors (Lipinski definition) is 1. The average molecular weight is 457 g/mol. The van der Waals surface area contributed by atoms with E-state index in [2.05, 4.69) is 4.72 Å². The molecule has 1 heterocycles. The number of benzene rings is 2. The number of anilines is 2. The molecule has 164 valence electrons. The molecule has 30 heavy (non-hydrogen) atoms. The Kier molecular flexibility index (Phi) is 6.32. The van der Waals surface area contributed by atoms with Crippen LogP contribution in [0.3, 0.4) is 0 Å². The van der Waals surface area contributed by atoms with Crippen LogP contribution in [0, 0.1) is 0 Å². The number of nitrogens with one attached hydrogen (secondary N) is 1. The van der Waals surface area contributed by atoms with Crippen LogP contribution >= 0.6 is 0 Å². The Morgan fingerprint density at radius 1 is 0.933 bits per heavy atom. The third kappa shape index (κ3) is 4.41. The molecule has 1 fully saturated rings. The van der Waals surface area contributed by atoms with Gasteiger partial charge >= 0.3 is 0 Å². The fourth-order valence-corrected chi connectivity index (χ4v) is 6.09. The summed E-state index contributed by atoms with van der Waals surface area (Å²) in [6.45, 7) is 0.297. The first-order chi connectivity index (χ1) is 14.2. The quantitative estimate of drug-likeness (QED) is 0.681. The number of methoxy groups -OCH3 is 3. The molecule has 3 rings (SSSR count). The highest BCUT2D eigenvalue weighted by Gasteiger charge is 2.29. The number of ether oxygens (including phenoxy) is 3. The predicted octanol–water partition coefficient (Wildman–Crippen LogP) is 2.44. The van der Waals surface area contributed by atoms with Crippen LogP contribution < -0.4 is 23.2 Å². The summed E-state index contributed by atoms with van der Waals surface area (Å²) in [7, 11) is -3.41. The summed E-state index contributed by atoms with van der Waals surface area (Å²) in [5.74, 6) is 0.852. The van der Waals surface area contributed by atoms with Gasteiger partial charge in [0.2, 0.25) is 10.0 Å². The zero-order chi connectivity index (χ0) is 21.9. The Balaban J connectivity index is 2.05. The molecule has 1 aliphatic heterocycles. The Bertz CT molecular complexity index is 1130. The second kappa shape index (κ2) is 8.60. The molecule has 0 radical (unpaired) electrons. The van der Waals surface area contributed by atoms with Crippen molar-refractivity contribution in [2.45, 2.75) is 17.7 Å². The molecule has 0 unspecified atom stereocenters. The largest absolute Gasteiger partial charge is 0.497 e. The lowest BCUT2D eigenvalue weighted by Gasteiger charge is -2.28. The van der Waals surface area contributed by atoms with Crippen molar-refractivity contribution < 1.29 is 31.0 Å². The molecule has 0 atom stereocenters. The van der Waals surface area contributed by atoms with Crippen LogP contribution in [0.5, 0.6) is 17.2 Å². The van der Waals surface area contributed by atoms with E-state index in [1.165, 1.54) is 49.9 Å². The standard InChI is InChI=1S/C19H24N2O7S2/c1-26-15-7-9-17(27-2)16(13-15)20-30(24,25)19-12-14(6-8-18(19)28-3)21-10-4-5-11-29(21,22)23/h6-9,12-13,20H,4-5,10-11H2,1-3H3. The van der Waals surface area contributed by atoms with Gasteiger partial charge in [-0.25, -0.2) is 16.8 Å². The summed E-state index contributed by atoms with van der Waals surface area (Å²) in [5.41, 5.74) is 0.448. The highest BCUT2D eigenvalue weighted by Crippen LogP contribution is 2.35. The summed E-state index contributed by atoms with van der Waals surface area (Å²) >= 11 is 0. The molecule has 2 aromatic carbocycles. The highest BCUT2D eigenvalue weighted by molar-refractivity contribution is 7.93. The molecular formula is C19H24N2O7S2. The monoisotopic (exact) mass is 456 g/mol. The van der Waals surface area contributed by atoms with E-state index < -0.39 is 20.0 Å². The van der Waals surface area contributed by atoms with E-state index in [1.54, 1.807) is 12.1 Å². The molecule has 0 spiro atoms. The zero-order valence-corrected chi connectivity index (χ0v) is 18.5. The van der Waals surface area contributed by atoms with Gasteiger partial charge in [0, 0.05) is 12.6 Å². The van der Waals surface area contributed by atoms with Gasteiger partial charge in [-0.15, -0.1) is 0 Å². The van der Waals surface area contributed by atoms with Gasteiger partial charge in [0.15, 0.2) is 0 Å². The lowest BCUT2D eigenvalue weighted by molar-refractivity contribution is 0.402. The zero-order valence-electron chi connectivity index (χ0n) is 16.9. The van der Waals surface area contributed by atoms with Crippen molar-refractivity contribution in [1.82, 2.24) is 0 Å². The van der Waals surface area contributed by atoms with Gasteiger partial charge in [-0.2, -0.15) is 0 Å². The van der Waals surface area contributed by atoms with E-state index in [0.717, 1.165) is 0 Å². The number of rotatable bonds is 7. The highest BCUT2D eigenvalue weighted by atomic mass is 32.2. The summed E-state index contributed by atoms with van der Waals surface area (Å²) in [6.07, 6.45) is 1.28. The van der Waals surface area contributed by atoms with Crippen LogP contribution in [0.1, 0.15) is 12.8 Å². The van der Waals surface area contributed by atoms with Gasteiger partial charge < -0.3 is 14.2 Å². The Hall–Kier alpha value is -2.66. The number of hydrogen-bond acceptors (Lipinski definition) is 7. The summed E-state index contributed by atoms with van der Waals surface area (Å²) in [6, 6.07) is 8.98. The van der Waals surface area contributed by atoms with E-state index in [-0.39, 0.29) is 27.8 Å². The second-order valence-corrected chi connectivity index (χ2v) is 10.3. The lowest BCUT2D eigenvalue weighted by Crippen LogP contribution is -2.37. The van der Waals surface area contributed by atoms with Crippen molar-refractivity contribution in [1.29, 1.82) is 0 Å². The van der Waals surface area contributed by atoms with Crippen LogP contribution in [0.2, 0.25) is 0 Å². The Labute approximate surface area is 176 Å². The molecule has 0 saturated carbocycles. The van der Waals surface area contributed by atoms with E-state index in [4.69, 9.17) is 14.2 Å². The fraction of sp³-hybridized carbons (Fsp3) is 0.368. The van der Waals surface area contributed by atoms with Crippen molar-refractivity contribution in [2.75, 3.05) is 42.7 Å². The van der Waals surface area contributed by atoms with Gasteiger partial charge in [0.05, 0.1) is 38.5 Å². The van der Waals surface area contributed by atoms with Crippen molar-refractivity contribution >= 4 is 31.4 Å². The minimum atomic E-state index is -4.14. The van der Waals surface area contributed by atoms with Crippen molar-refractivity contribution in [3.8, 4) is 17.2 Å². The number of sulfonamides is 2. The van der Waals surface area contributed by atoms with Gasteiger partial charge in [-0.05, 0) is 43.2 Å². The molecule has 1 N–H and O–H groups in total. The fourth-order valence-electron chi connectivity index (χ4n) is 3.20. The molecule has 0 aromatic heterocycles. The van der Waals surface area contributed by atoms with Crippen LogP contribution in [0.4, 0.5) is 11.4 Å². The summed E-state index contributed by atoms with van der Waals surface area (Å²) < 4.78 is 70.6. The van der Waals surface area contributed by atoms with Gasteiger partial charge in [-0.1, -0.05) is 0 Å². The van der Waals surface area contributed by atoms with Crippen molar-refractivity contribution in [3.05, 3.63) is 36.4 Å². The number of nitrogens with zero attached hydrogens (tertiary/aromatic N) is 1. The maximum Gasteiger partial charge on any atom is 0.265 e. The molecule has 11 heteroatoms. The van der Waals surface area contributed by atoms with Crippen LogP contribution in [0.15, 0.2) is 41.3 Å². The first-order valence-corrected chi connectivity index (χ1v) is 12.2. The molecule has 0 bridgehead atoms. The van der Waals surface area contributed by atoms with E-state index in [1.807, 2.05) is 0 Å². The van der Waals surface area contributed by atoms with Crippen LogP contribution in [-0.4, -0.2) is 50.5 Å². The van der Waals surface area contributed by atoms with Gasteiger partial charge in [0.1, 0.15) is 22.1 Å². The smallest absolute Gasteiger partial charge is 0.265 e. The van der Waals surface area contributed by atoms with Crippen molar-refractivity contribution in [2.24, 2.45) is 0 Å². The van der Waals surface area contributed by atoms with Gasteiger partial charge in [0.25, 0.3) is 10.0 Å². The third-order valence-corrected chi connectivity index (χ3v) is 7.98. The Morgan fingerprint density at radius 3 is 2.27 bits per heavy atom. The third-order valence-electron chi connectivity index (χ3n) is 4.72. The summed E-state index contributed by atoms with van der Waals surface area (Å²) in [4.78, 5) is -0.187. The Morgan fingerprint density at radius 2 is 1.63 bits per heavy atom. The normalized spacial score (nSPS) is 16.0. The second-order valence-electron chi connectivity index (χ2n) is 6.60. The topological polar surface area (TPSA) is 111 Å². The van der Waals surface area contributed by atoms with Crippen LogP contribution in [0.25, 0.3) is 0 Å². The average Bonchev–Trinajstić information content (AvgIpc) is 2.72. The molecule has 1 saturated heterocycles. The first kappa shape index (κ1) is 22.0. The van der Waals surface area contributed by atoms with E-state index in [0.29, 0.717) is 30.9 Å². The predicted molar refractivity (Wildman–Crippen MR) is 114 cm³/mol. The molecule has 0 aliphatic carbocycles. The maximum atomic E-state index is 13.2. The van der Waals surface area contributed by atoms with E-state index >= 15 is 0 Å². The minimum absolute atomic E-state index is 0.0281. The van der Waals surface area contributed by atoms with Crippen LogP contribution in [-0.2, 0) is 20.0 Å². The molecule has 2 aromatic rings. The molecule has 9 nitrogen and oxygen atoms in total. The SMILES string of the molecule is COc1ccc(OC)c(NS(=O)(=O)c2cc(N3CCCCS3(=O)=O)ccc2OC)c1. The minimum Gasteiger partial charge on any atom is -0.497 e. The van der Waals surface area contributed by atoms with Crippen molar-refractivity contribution in [3.63, 3.8) is 0 Å². The van der Waals surface area contributed by atoms with E-state index in [9.17, 15) is 16.8 Å². The molecule has 1 aliphatic rings. The lowest BCUT2D eigenvalue weighted by atomic mass is 10.2. The first-order valence-electron chi connectivity index (χ1n) is 9.15. The summed E-state index contributed by atoms with van der Waals surface area (Å²) in [5, 5.41) is 0. The molecule has 0 amide bonds. The molecular weight excluding hydrogens is 432 g/mol.